The van der Waals surface area contributed by atoms with Crippen molar-refractivity contribution in [3.05, 3.63) is 52.1 Å². The van der Waals surface area contributed by atoms with Crippen LogP contribution in [0.5, 0.6) is 0 Å². The Labute approximate surface area is 112 Å². The van der Waals surface area contributed by atoms with Gasteiger partial charge in [-0.05, 0) is 6.07 Å². The smallest absolute Gasteiger partial charge is 0.328 e. The van der Waals surface area contributed by atoms with E-state index in [2.05, 4.69) is 0 Å². The van der Waals surface area contributed by atoms with Crippen molar-refractivity contribution in [2.45, 2.75) is 0 Å². The van der Waals surface area contributed by atoms with E-state index in [1.807, 2.05) is 10.9 Å². The Morgan fingerprint density at radius 3 is 2.40 bits per heavy atom. The molecule has 0 unspecified atom stereocenters. The lowest BCUT2D eigenvalue weighted by Crippen LogP contribution is -2.41. The zero-order valence-electron chi connectivity index (χ0n) is 9.90. The number of hydrogen-bond donors (Lipinski definition) is 3. The van der Waals surface area contributed by atoms with Gasteiger partial charge in [0.2, 0.25) is 0 Å². The molecule has 0 bridgehead atoms. The number of benzene rings is 1. The molecule has 0 aliphatic heterocycles. The topological polar surface area (TPSA) is 139 Å². The van der Waals surface area contributed by atoms with E-state index in [1.54, 1.807) is 0 Å². The lowest BCUT2D eigenvalue weighted by Gasteiger charge is -2.05. The van der Waals surface area contributed by atoms with Crippen molar-refractivity contribution in [2.75, 3.05) is 0 Å². The van der Waals surface area contributed by atoms with Gasteiger partial charge in [0.05, 0.1) is 4.92 Å². The first-order chi connectivity index (χ1) is 9.41. The molecule has 104 valence electrons. The molecule has 0 radical (unpaired) electrons. The van der Waals surface area contributed by atoms with Crippen LogP contribution in [0.4, 0.5) is 5.69 Å². The van der Waals surface area contributed by atoms with Crippen molar-refractivity contribution in [3.63, 3.8) is 0 Å². The number of aliphatic carboxylic acids is 1. The average molecular weight is 279 g/mol. The van der Waals surface area contributed by atoms with Crippen LogP contribution in [0.2, 0.25) is 0 Å². The molecule has 9 heteroatoms. The second-order valence-electron chi connectivity index (χ2n) is 3.39. The molecule has 3 N–H and O–H groups in total. The number of nitro benzene ring substituents is 1. The third kappa shape index (κ3) is 4.22. The van der Waals surface area contributed by atoms with Crippen molar-refractivity contribution >= 4 is 23.5 Å². The fourth-order valence-electron chi connectivity index (χ4n) is 1.20. The number of nitrogens with zero attached hydrogens (tertiary/aromatic N) is 1. The minimum absolute atomic E-state index is 0.236. The van der Waals surface area contributed by atoms with Crippen molar-refractivity contribution in [3.8, 4) is 0 Å². The molecule has 1 rings (SSSR count). The molecule has 0 aromatic heterocycles. The van der Waals surface area contributed by atoms with Gasteiger partial charge in [0, 0.05) is 18.2 Å². The van der Waals surface area contributed by atoms with Gasteiger partial charge in [0.15, 0.2) is 0 Å². The Morgan fingerprint density at radius 1 is 1.15 bits per heavy atom. The normalized spacial score (nSPS) is 10.0. The number of carboxylic acid groups (broad SMARTS) is 1. The maximum atomic E-state index is 11.6. The number of para-hydroxylation sites is 1. The second kappa shape index (κ2) is 6.64. The molecule has 0 saturated heterocycles. The number of carboxylic acids is 1. The molecule has 2 amide bonds. The first-order valence-electron chi connectivity index (χ1n) is 5.16. The van der Waals surface area contributed by atoms with Gasteiger partial charge in [-0.25, -0.2) is 4.79 Å². The standard InChI is InChI=1S/C11H9N3O6/c15-9(5-6-10(16)17)12-13-11(18)7-3-1-2-4-8(7)14(19)20/h1-6H,(H,12,15)(H,13,18)(H,16,17)/b6-5+. The SMILES string of the molecule is O=C(O)/C=C/C(=O)NNC(=O)c1ccccc1[N+](=O)[O-]. The number of hydrogen-bond acceptors (Lipinski definition) is 5. The quantitative estimate of drug-likeness (QED) is 0.402. The molecule has 0 fully saturated rings. The van der Waals surface area contributed by atoms with E-state index >= 15 is 0 Å². The number of carbonyl (C=O) groups is 3. The van der Waals surface area contributed by atoms with E-state index in [4.69, 9.17) is 5.11 Å². The molecule has 0 aliphatic rings. The highest BCUT2D eigenvalue weighted by atomic mass is 16.6. The van der Waals surface area contributed by atoms with Gasteiger partial charge in [0.1, 0.15) is 5.56 Å². The number of nitrogens with one attached hydrogen (secondary N) is 2. The molecule has 9 nitrogen and oxygen atoms in total. The lowest BCUT2D eigenvalue weighted by atomic mass is 10.2. The van der Waals surface area contributed by atoms with E-state index in [9.17, 15) is 24.5 Å². The van der Waals surface area contributed by atoms with Crippen molar-refractivity contribution in [1.82, 2.24) is 10.9 Å². The van der Waals surface area contributed by atoms with Gasteiger partial charge < -0.3 is 5.11 Å². The first-order valence-corrected chi connectivity index (χ1v) is 5.16. The van der Waals surface area contributed by atoms with Crippen molar-refractivity contribution in [1.29, 1.82) is 0 Å². The highest BCUT2D eigenvalue weighted by Gasteiger charge is 2.19. The van der Waals surface area contributed by atoms with Gasteiger partial charge in [-0.3, -0.25) is 30.6 Å². The summed E-state index contributed by atoms with van der Waals surface area (Å²) in [6, 6.07) is 5.17. The van der Waals surface area contributed by atoms with E-state index in [1.165, 1.54) is 18.2 Å². The molecule has 1 aromatic rings. The Kier molecular flexibility index (Phi) is 4.92. The Morgan fingerprint density at radius 2 is 1.80 bits per heavy atom. The van der Waals surface area contributed by atoms with Crippen LogP contribution in [0.15, 0.2) is 36.4 Å². The fourth-order valence-corrected chi connectivity index (χ4v) is 1.20. The lowest BCUT2D eigenvalue weighted by molar-refractivity contribution is -0.385. The zero-order valence-corrected chi connectivity index (χ0v) is 9.90. The highest BCUT2D eigenvalue weighted by molar-refractivity contribution is 6.00. The second-order valence-corrected chi connectivity index (χ2v) is 3.39. The summed E-state index contributed by atoms with van der Waals surface area (Å²) < 4.78 is 0. The van der Waals surface area contributed by atoms with Crippen LogP contribution in [0.1, 0.15) is 10.4 Å². The van der Waals surface area contributed by atoms with Crippen LogP contribution < -0.4 is 10.9 Å². The predicted molar refractivity (Wildman–Crippen MR) is 65.5 cm³/mol. The molecule has 0 heterocycles. The maximum absolute atomic E-state index is 11.6. The van der Waals surface area contributed by atoms with Crippen molar-refractivity contribution < 1.29 is 24.4 Å². The minimum Gasteiger partial charge on any atom is -0.478 e. The number of rotatable bonds is 4. The summed E-state index contributed by atoms with van der Waals surface area (Å²) in [6.07, 6.45) is 1.26. The van der Waals surface area contributed by atoms with Crippen LogP contribution in [0.25, 0.3) is 0 Å². The van der Waals surface area contributed by atoms with Crippen LogP contribution >= 0.6 is 0 Å². The number of hydrazine groups is 1. The summed E-state index contributed by atoms with van der Waals surface area (Å²) in [5.41, 5.74) is 3.17. The summed E-state index contributed by atoms with van der Waals surface area (Å²) in [5.74, 6) is -3.11. The van der Waals surface area contributed by atoms with Crippen molar-refractivity contribution in [2.24, 2.45) is 0 Å². The monoisotopic (exact) mass is 279 g/mol. The molecule has 1 aromatic carbocycles. The zero-order chi connectivity index (χ0) is 15.1. The van der Waals surface area contributed by atoms with Crippen LogP contribution in [-0.4, -0.2) is 27.8 Å². The van der Waals surface area contributed by atoms with E-state index in [-0.39, 0.29) is 5.56 Å². The van der Waals surface area contributed by atoms with Gasteiger partial charge in [-0.1, -0.05) is 12.1 Å². The fraction of sp³-hybridized carbons (Fsp3) is 0. The molecule has 0 aliphatic carbocycles. The highest BCUT2D eigenvalue weighted by Crippen LogP contribution is 2.16. The molecular weight excluding hydrogens is 270 g/mol. The maximum Gasteiger partial charge on any atom is 0.328 e. The molecular formula is C11H9N3O6. The molecule has 0 spiro atoms. The number of carbonyl (C=O) groups excluding carboxylic acids is 2. The van der Waals surface area contributed by atoms with Crippen LogP contribution in [0, 0.1) is 10.1 Å². The van der Waals surface area contributed by atoms with Gasteiger partial charge in [0.25, 0.3) is 17.5 Å². The van der Waals surface area contributed by atoms with Gasteiger partial charge >= 0.3 is 5.97 Å². The Bertz CT molecular complexity index is 596. The largest absolute Gasteiger partial charge is 0.478 e. The molecule has 20 heavy (non-hydrogen) atoms. The Hall–Kier alpha value is -3.23. The average Bonchev–Trinajstić information content (AvgIpc) is 2.42. The predicted octanol–water partition coefficient (Wildman–Crippen LogP) is -0.00340. The summed E-state index contributed by atoms with van der Waals surface area (Å²) >= 11 is 0. The Balaban J connectivity index is 2.71. The van der Waals surface area contributed by atoms with E-state index < -0.39 is 28.4 Å². The first kappa shape index (κ1) is 14.8. The van der Waals surface area contributed by atoms with Crippen LogP contribution in [0.3, 0.4) is 0 Å². The summed E-state index contributed by atoms with van der Waals surface area (Å²) in [4.78, 5) is 42.9. The third-order valence-electron chi connectivity index (χ3n) is 2.02. The van der Waals surface area contributed by atoms with E-state index in [0.29, 0.717) is 12.2 Å². The summed E-state index contributed by atoms with van der Waals surface area (Å²) in [6.45, 7) is 0. The number of nitro groups is 1. The van der Waals surface area contributed by atoms with Crippen LogP contribution in [-0.2, 0) is 9.59 Å². The summed E-state index contributed by atoms with van der Waals surface area (Å²) in [7, 11) is 0. The van der Waals surface area contributed by atoms with Gasteiger partial charge in [-0.2, -0.15) is 0 Å². The third-order valence-corrected chi connectivity index (χ3v) is 2.02. The minimum atomic E-state index is -1.33. The van der Waals surface area contributed by atoms with Gasteiger partial charge in [-0.15, -0.1) is 0 Å². The molecule has 0 saturated carbocycles. The summed E-state index contributed by atoms with van der Waals surface area (Å²) in [5, 5.41) is 19.0. The number of amides is 2. The van der Waals surface area contributed by atoms with E-state index in [0.717, 1.165) is 6.07 Å². The molecule has 0 atom stereocenters.